The number of hydrogen-bond donors (Lipinski definition) is 1. The van der Waals surface area contributed by atoms with E-state index in [9.17, 15) is 0 Å². The van der Waals surface area contributed by atoms with Crippen LogP contribution in [-0.2, 0) is 17.6 Å². The molecule has 0 bridgehead atoms. The average molecular weight is 285 g/mol. The second-order valence-electron chi connectivity index (χ2n) is 4.30. The number of rotatable bonds is 0. The molecule has 0 aromatic carbocycles. The van der Waals surface area contributed by atoms with E-state index in [4.69, 9.17) is 21.5 Å². The van der Waals surface area contributed by atoms with Gasteiger partial charge in [-0.25, -0.2) is 9.97 Å². The number of hydrogen-bond acceptors (Lipinski definition) is 4. The van der Waals surface area contributed by atoms with Gasteiger partial charge in [-0.05, 0) is 30.7 Å². The first-order valence-corrected chi connectivity index (χ1v) is 6.85. The fraction of sp³-hybridized carbons (Fsp3) is 0.417. The van der Waals surface area contributed by atoms with Crippen LogP contribution in [0.15, 0.2) is 6.33 Å². The van der Waals surface area contributed by atoms with Gasteiger partial charge in [-0.3, -0.25) is 4.79 Å². The molecule has 0 amide bonds. The SMILES string of the molecule is CC1CCc2c(sc3ncnc(Cl)c23)C1.O=CO. The third kappa shape index (κ3) is 2.47. The number of aromatic nitrogens is 2. The summed E-state index contributed by atoms with van der Waals surface area (Å²) in [6.07, 6.45) is 5.11. The fourth-order valence-electron chi connectivity index (χ4n) is 2.24. The summed E-state index contributed by atoms with van der Waals surface area (Å²) in [6, 6.07) is 0. The minimum atomic E-state index is -0.250. The highest BCUT2D eigenvalue weighted by atomic mass is 35.5. The largest absolute Gasteiger partial charge is 0.483 e. The Morgan fingerprint density at radius 1 is 1.56 bits per heavy atom. The normalized spacial score (nSPS) is 17.8. The topological polar surface area (TPSA) is 63.1 Å². The molecule has 1 atom stereocenters. The van der Waals surface area contributed by atoms with Crippen molar-refractivity contribution in [2.75, 3.05) is 0 Å². The van der Waals surface area contributed by atoms with Crippen LogP contribution in [0.3, 0.4) is 0 Å². The van der Waals surface area contributed by atoms with Crippen molar-refractivity contribution in [2.45, 2.75) is 26.2 Å². The molecule has 0 radical (unpaired) electrons. The van der Waals surface area contributed by atoms with Crippen LogP contribution in [0, 0.1) is 5.92 Å². The summed E-state index contributed by atoms with van der Waals surface area (Å²) in [5, 5.41) is 8.61. The summed E-state index contributed by atoms with van der Waals surface area (Å²) < 4.78 is 0. The molecule has 3 rings (SSSR count). The van der Waals surface area contributed by atoms with E-state index in [1.165, 1.54) is 23.3 Å². The predicted octanol–water partition coefficient (Wildman–Crippen LogP) is 3.17. The molecule has 1 aliphatic rings. The van der Waals surface area contributed by atoms with Crippen molar-refractivity contribution in [3.63, 3.8) is 0 Å². The molecule has 0 saturated heterocycles. The van der Waals surface area contributed by atoms with Crippen LogP contribution in [0.1, 0.15) is 23.8 Å². The van der Waals surface area contributed by atoms with Crippen molar-refractivity contribution in [1.29, 1.82) is 0 Å². The monoisotopic (exact) mass is 284 g/mol. The zero-order chi connectivity index (χ0) is 13.1. The van der Waals surface area contributed by atoms with Crippen molar-refractivity contribution in [3.05, 3.63) is 21.9 Å². The van der Waals surface area contributed by atoms with E-state index in [2.05, 4.69) is 16.9 Å². The molecule has 2 heterocycles. The minimum Gasteiger partial charge on any atom is -0.483 e. The van der Waals surface area contributed by atoms with Gasteiger partial charge in [-0.15, -0.1) is 11.3 Å². The van der Waals surface area contributed by atoms with E-state index in [1.54, 1.807) is 17.7 Å². The molecular weight excluding hydrogens is 272 g/mol. The van der Waals surface area contributed by atoms with Crippen LogP contribution in [0.25, 0.3) is 10.2 Å². The van der Waals surface area contributed by atoms with Crippen molar-refractivity contribution >= 4 is 39.6 Å². The summed E-state index contributed by atoms with van der Waals surface area (Å²) in [6.45, 7) is 2.06. The second kappa shape index (κ2) is 5.63. The van der Waals surface area contributed by atoms with Crippen LogP contribution in [0.4, 0.5) is 0 Å². The van der Waals surface area contributed by atoms with Gasteiger partial charge in [0.25, 0.3) is 6.47 Å². The van der Waals surface area contributed by atoms with Gasteiger partial charge in [0, 0.05) is 4.88 Å². The number of aryl methyl sites for hydroxylation is 1. The molecule has 96 valence electrons. The van der Waals surface area contributed by atoms with Crippen LogP contribution >= 0.6 is 22.9 Å². The van der Waals surface area contributed by atoms with E-state index in [0.717, 1.165) is 22.6 Å². The number of halogens is 1. The van der Waals surface area contributed by atoms with Crippen molar-refractivity contribution < 1.29 is 9.90 Å². The van der Waals surface area contributed by atoms with Crippen molar-refractivity contribution in [2.24, 2.45) is 5.92 Å². The zero-order valence-corrected chi connectivity index (χ0v) is 11.5. The van der Waals surface area contributed by atoms with Crippen molar-refractivity contribution in [3.8, 4) is 0 Å². The molecule has 1 unspecified atom stereocenters. The van der Waals surface area contributed by atoms with Gasteiger partial charge < -0.3 is 5.11 Å². The summed E-state index contributed by atoms with van der Waals surface area (Å²) >= 11 is 7.91. The molecule has 4 nitrogen and oxygen atoms in total. The Morgan fingerprint density at radius 2 is 2.28 bits per heavy atom. The maximum Gasteiger partial charge on any atom is 0.290 e. The Morgan fingerprint density at radius 3 is 3.00 bits per heavy atom. The average Bonchev–Trinajstić information content (AvgIpc) is 2.68. The summed E-state index contributed by atoms with van der Waals surface area (Å²) in [5.74, 6) is 0.789. The smallest absolute Gasteiger partial charge is 0.290 e. The van der Waals surface area contributed by atoms with E-state index < -0.39 is 0 Å². The Labute approximate surface area is 114 Å². The van der Waals surface area contributed by atoms with E-state index in [-0.39, 0.29) is 6.47 Å². The predicted molar refractivity (Wildman–Crippen MR) is 72.3 cm³/mol. The van der Waals surface area contributed by atoms with E-state index in [1.807, 2.05) is 0 Å². The summed E-state index contributed by atoms with van der Waals surface area (Å²) in [4.78, 5) is 19.2. The molecule has 0 aliphatic heterocycles. The quantitative estimate of drug-likeness (QED) is 0.596. The van der Waals surface area contributed by atoms with Crippen LogP contribution < -0.4 is 0 Å². The molecule has 6 heteroatoms. The maximum absolute atomic E-state index is 8.36. The molecule has 1 N–H and O–H groups in total. The Kier molecular flexibility index (Phi) is 4.14. The lowest BCUT2D eigenvalue weighted by Crippen LogP contribution is -2.08. The molecular formula is C12H13ClN2O2S. The van der Waals surface area contributed by atoms with Gasteiger partial charge >= 0.3 is 0 Å². The molecule has 1 aliphatic carbocycles. The molecule has 18 heavy (non-hydrogen) atoms. The lowest BCUT2D eigenvalue weighted by Gasteiger charge is -2.17. The minimum absolute atomic E-state index is 0.250. The summed E-state index contributed by atoms with van der Waals surface area (Å²) in [5.41, 5.74) is 1.40. The number of carboxylic acid groups (broad SMARTS) is 1. The van der Waals surface area contributed by atoms with Gasteiger partial charge in [-0.1, -0.05) is 18.5 Å². The zero-order valence-electron chi connectivity index (χ0n) is 9.89. The van der Waals surface area contributed by atoms with Crippen LogP contribution in [-0.4, -0.2) is 21.5 Å². The highest BCUT2D eigenvalue weighted by Crippen LogP contribution is 2.39. The molecule has 2 aromatic heterocycles. The van der Waals surface area contributed by atoms with Gasteiger partial charge in [0.15, 0.2) is 0 Å². The second-order valence-corrected chi connectivity index (χ2v) is 5.74. The molecule has 0 saturated carbocycles. The van der Waals surface area contributed by atoms with Gasteiger partial charge in [0.05, 0.1) is 5.39 Å². The van der Waals surface area contributed by atoms with E-state index in [0.29, 0.717) is 5.15 Å². The Bertz CT molecular complexity index is 570. The molecule has 0 fully saturated rings. The molecule has 0 spiro atoms. The third-order valence-electron chi connectivity index (χ3n) is 3.05. The lowest BCUT2D eigenvalue weighted by atomic mass is 9.89. The number of thiophene rings is 1. The number of fused-ring (bicyclic) bond motifs is 3. The van der Waals surface area contributed by atoms with Gasteiger partial charge in [0.2, 0.25) is 0 Å². The van der Waals surface area contributed by atoms with Crippen molar-refractivity contribution in [1.82, 2.24) is 9.97 Å². The Hall–Kier alpha value is -1.20. The number of nitrogens with zero attached hydrogens (tertiary/aromatic N) is 2. The standard InChI is InChI=1S/C11H11ClN2S.CH2O2/c1-6-2-3-7-8(4-6)15-11-9(7)10(12)13-5-14-11;2-1-3/h5-6H,2-4H2,1H3;1H,(H,2,3). The van der Waals surface area contributed by atoms with Crippen LogP contribution in [0.5, 0.6) is 0 Å². The Balaban J connectivity index is 0.000000367. The van der Waals surface area contributed by atoms with Gasteiger partial charge in [-0.2, -0.15) is 0 Å². The first-order valence-electron chi connectivity index (χ1n) is 5.66. The van der Waals surface area contributed by atoms with Crippen LogP contribution in [0.2, 0.25) is 5.15 Å². The molecule has 2 aromatic rings. The fourth-order valence-corrected chi connectivity index (χ4v) is 3.89. The first kappa shape index (κ1) is 13.2. The first-order chi connectivity index (χ1) is 8.67. The third-order valence-corrected chi connectivity index (χ3v) is 4.49. The number of carbonyl (C=O) groups is 1. The highest BCUT2D eigenvalue weighted by Gasteiger charge is 2.22. The maximum atomic E-state index is 8.36. The lowest BCUT2D eigenvalue weighted by molar-refractivity contribution is -0.122. The van der Waals surface area contributed by atoms with E-state index >= 15 is 0 Å². The van der Waals surface area contributed by atoms with Gasteiger partial charge in [0.1, 0.15) is 16.3 Å². The summed E-state index contributed by atoms with van der Waals surface area (Å²) in [7, 11) is 0. The highest BCUT2D eigenvalue weighted by molar-refractivity contribution is 7.19.